The summed E-state index contributed by atoms with van der Waals surface area (Å²) >= 11 is 5.85. The molecule has 17 heavy (non-hydrogen) atoms. The molecular formula is C12H12ClNO3. The van der Waals surface area contributed by atoms with Gasteiger partial charge in [-0.15, -0.1) is 0 Å². The Labute approximate surface area is 104 Å². The maximum absolute atomic E-state index is 10.6. The zero-order chi connectivity index (χ0) is 12.8. The van der Waals surface area contributed by atoms with Crippen LogP contribution < -0.4 is 4.74 Å². The van der Waals surface area contributed by atoms with Crippen LogP contribution in [0.3, 0.4) is 0 Å². The van der Waals surface area contributed by atoms with Crippen LogP contribution in [0.25, 0.3) is 0 Å². The topological polar surface area (TPSA) is 70.3 Å². The maximum atomic E-state index is 10.6. The Morgan fingerprint density at radius 1 is 1.65 bits per heavy atom. The molecule has 1 atom stereocenters. The number of hydrogen-bond acceptors (Lipinski definition) is 3. The second-order valence-electron chi connectivity index (χ2n) is 3.58. The molecule has 0 aliphatic carbocycles. The summed E-state index contributed by atoms with van der Waals surface area (Å²) in [6.45, 7) is 0. The Balaban J connectivity index is 2.89. The minimum Gasteiger partial charge on any atom is -0.496 e. The van der Waals surface area contributed by atoms with Gasteiger partial charge in [-0.3, -0.25) is 4.79 Å². The lowest BCUT2D eigenvalue weighted by Gasteiger charge is -2.11. The van der Waals surface area contributed by atoms with Crippen molar-refractivity contribution in [1.29, 1.82) is 5.26 Å². The molecule has 1 aromatic carbocycles. The molecule has 0 bridgehead atoms. The molecular weight excluding hydrogens is 242 g/mol. The third-order valence-electron chi connectivity index (χ3n) is 2.31. The second-order valence-corrected chi connectivity index (χ2v) is 4.02. The lowest BCUT2D eigenvalue weighted by atomic mass is 9.97. The molecule has 0 heterocycles. The average Bonchev–Trinajstić information content (AvgIpc) is 2.28. The van der Waals surface area contributed by atoms with E-state index in [4.69, 9.17) is 26.7 Å². The number of nitriles is 1. The molecule has 0 aliphatic heterocycles. The first kappa shape index (κ1) is 13.3. The van der Waals surface area contributed by atoms with Crippen molar-refractivity contribution in [2.24, 2.45) is 5.92 Å². The van der Waals surface area contributed by atoms with E-state index < -0.39 is 11.9 Å². The summed E-state index contributed by atoms with van der Waals surface area (Å²) in [6.07, 6.45) is 0.124. The normalized spacial score (nSPS) is 11.6. The van der Waals surface area contributed by atoms with E-state index in [1.807, 2.05) is 6.07 Å². The number of carbonyl (C=O) groups is 1. The van der Waals surface area contributed by atoms with Crippen LogP contribution in [0.1, 0.15) is 12.0 Å². The Bertz CT molecular complexity index is 454. The molecule has 5 heteroatoms. The van der Waals surface area contributed by atoms with Crippen molar-refractivity contribution in [3.8, 4) is 11.8 Å². The summed E-state index contributed by atoms with van der Waals surface area (Å²) in [5.74, 6) is -0.961. The number of carboxylic acid groups (broad SMARTS) is 1. The first-order valence-corrected chi connectivity index (χ1v) is 5.38. The van der Waals surface area contributed by atoms with E-state index in [2.05, 4.69) is 0 Å². The van der Waals surface area contributed by atoms with Crippen molar-refractivity contribution < 1.29 is 14.6 Å². The molecule has 1 aromatic rings. The van der Waals surface area contributed by atoms with Gasteiger partial charge in [0.05, 0.1) is 25.5 Å². The number of rotatable bonds is 5. The zero-order valence-electron chi connectivity index (χ0n) is 9.31. The van der Waals surface area contributed by atoms with E-state index >= 15 is 0 Å². The summed E-state index contributed by atoms with van der Waals surface area (Å²) < 4.78 is 5.14. The minimum absolute atomic E-state index is 0.188. The van der Waals surface area contributed by atoms with Gasteiger partial charge in [0.2, 0.25) is 0 Å². The van der Waals surface area contributed by atoms with Crippen molar-refractivity contribution in [3.63, 3.8) is 0 Å². The van der Waals surface area contributed by atoms with Gasteiger partial charge in [0.15, 0.2) is 0 Å². The number of halogens is 1. The zero-order valence-corrected chi connectivity index (χ0v) is 10.1. The van der Waals surface area contributed by atoms with Gasteiger partial charge in [-0.05, 0) is 30.2 Å². The highest BCUT2D eigenvalue weighted by atomic mass is 35.5. The van der Waals surface area contributed by atoms with Crippen LogP contribution in [0.4, 0.5) is 0 Å². The van der Waals surface area contributed by atoms with Gasteiger partial charge in [-0.25, -0.2) is 0 Å². The summed E-state index contributed by atoms with van der Waals surface area (Å²) in [5.41, 5.74) is 0.743. The molecule has 0 radical (unpaired) electrons. The van der Waals surface area contributed by atoms with Gasteiger partial charge in [0, 0.05) is 5.02 Å². The smallest absolute Gasteiger partial charge is 0.304 e. The molecule has 90 valence electrons. The number of aliphatic carboxylic acids is 1. The van der Waals surface area contributed by atoms with Gasteiger partial charge in [-0.1, -0.05) is 11.6 Å². The minimum atomic E-state index is -0.988. The van der Waals surface area contributed by atoms with Crippen molar-refractivity contribution in [2.45, 2.75) is 12.8 Å². The van der Waals surface area contributed by atoms with Crippen LogP contribution in [0.15, 0.2) is 18.2 Å². The molecule has 0 fully saturated rings. The molecule has 1 rings (SSSR count). The van der Waals surface area contributed by atoms with Gasteiger partial charge < -0.3 is 9.84 Å². The number of methoxy groups -OCH3 is 1. The summed E-state index contributed by atoms with van der Waals surface area (Å²) in [6, 6.07) is 7.04. The van der Waals surface area contributed by atoms with Gasteiger partial charge in [0.1, 0.15) is 5.75 Å². The third-order valence-corrected chi connectivity index (χ3v) is 2.55. The quantitative estimate of drug-likeness (QED) is 0.875. The molecule has 0 aliphatic rings. The van der Waals surface area contributed by atoms with Crippen molar-refractivity contribution in [2.75, 3.05) is 7.11 Å². The first-order chi connectivity index (χ1) is 8.06. The Morgan fingerprint density at radius 3 is 2.88 bits per heavy atom. The van der Waals surface area contributed by atoms with Crippen LogP contribution in [-0.4, -0.2) is 18.2 Å². The molecule has 0 amide bonds. The van der Waals surface area contributed by atoms with E-state index in [1.165, 1.54) is 7.11 Å². The Morgan fingerprint density at radius 2 is 2.35 bits per heavy atom. The number of nitrogens with zero attached hydrogens (tertiary/aromatic N) is 1. The highest BCUT2D eigenvalue weighted by molar-refractivity contribution is 6.30. The van der Waals surface area contributed by atoms with Crippen molar-refractivity contribution in [3.05, 3.63) is 28.8 Å². The van der Waals surface area contributed by atoms with E-state index in [0.29, 0.717) is 17.2 Å². The third kappa shape index (κ3) is 3.97. The summed E-state index contributed by atoms with van der Waals surface area (Å²) in [4.78, 5) is 10.6. The van der Waals surface area contributed by atoms with E-state index in [1.54, 1.807) is 18.2 Å². The summed E-state index contributed by atoms with van der Waals surface area (Å²) in [7, 11) is 1.52. The SMILES string of the molecule is COc1ccc(Cl)cc1CC(C#N)CC(=O)O. The maximum Gasteiger partial charge on any atom is 0.304 e. The molecule has 1 N–H and O–H groups in total. The van der Waals surface area contributed by atoms with Crippen LogP contribution >= 0.6 is 11.6 Å². The largest absolute Gasteiger partial charge is 0.496 e. The van der Waals surface area contributed by atoms with Crippen molar-refractivity contribution in [1.82, 2.24) is 0 Å². The predicted octanol–water partition coefficient (Wildman–Crippen LogP) is 2.51. The molecule has 0 saturated carbocycles. The molecule has 1 unspecified atom stereocenters. The second kappa shape index (κ2) is 6.12. The van der Waals surface area contributed by atoms with Crippen LogP contribution in [-0.2, 0) is 11.2 Å². The monoisotopic (exact) mass is 253 g/mol. The molecule has 4 nitrogen and oxygen atoms in total. The number of carboxylic acids is 1. The van der Waals surface area contributed by atoms with Crippen LogP contribution in [0.5, 0.6) is 5.75 Å². The summed E-state index contributed by atoms with van der Waals surface area (Å²) in [5, 5.41) is 18.1. The predicted molar refractivity (Wildman–Crippen MR) is 63.1 cm³/mol. The number of ether oxygens (including phenoxy) is 1. The standard InChI is InChI=1S/C12H12ClNO3/c1-17-11-3-2-10(13)6-9(11)4-8(7-14)5-12(15)16/h2-3,6,8H,4-5H2,1H3,(H,15,16). The Hall–Kier alpha value is -1.73. The number of hydrogen-bond donors (Lipinski definition) is 1. The van der Waals surface area contributed by atoms with Crippen LogP contribution in [0.2, 0.25) is 5.02 Å². The lowest BCUT2D eigenvalue weighted by molar-refractivity contribution is -0.137. The first-order valence-electron chi connectivity index (χ1n) is 5.00. The fourth-order valence-electron chi connectivity index (χ4n) is 1.55. The molecule has 0 saturated heterocycles. The van der Waals surface area contributed by atoms with E-state index in [9.17, 15) is 4.79 Å². The van der Waals surface area contributed by atoms with Gasteiger partial charge >= 0.3 is 5.97 Å². The highest BCUT2D eigenvalue weighted by Crippen LogP contribution is 2.25. The average molecular weight is 254 g/mol. The van der Waals surface area contributed by atoms with E-state index in [-0.39, 0.29) is 6.42 Å². The fraction of sp³-hybridized carbons (Fsp3) is 0.333. The fourth-order valence-corrected chi connectivity index (χ4v) is 1.74. The van der Waals surface area contributed by atoms with E-state index in [0.717, 1.165) is 5.56 Å². The number of benzene rings is 1. The molecule has 0 spiro atoms. The van der Waals surface area contributed by atoms with Gasteiger partial charge in [0.25, 0.3) is 0 Å². The van der Waals surface area contributed by atoms with Gasteiger partial charge in [-0.2, -0.15) is 5.26 Å². The van der Waals surface area contributed by atoms with Crippen molar-refractivity contribution >= 4 is 17.6 Å². The highest BCUT2D eigenvalue weighted by Gasteiger charge is 2.15. The Kier molecular flexibility index (Phi) is 4.80. The lowest BCUT2D eigenvalue weighted by Crippen LogP contribution is -2.09. The molecule has 0 aromatic heterocycles. The van der Waals surface area contributed by atoms with Crippen LogP contribution in [0, 0.1) is 17.2 Å².